The van der Waals surface area contributed by atoms with Gasteiger partial charge in [-0.3, -0.25) is 0 Å². The molecule has 0 amide bonds. The Bertz CT molecular complexity index is 150. The lowest BCUT2D eigenvalue weighted by molar-refractivity contribution is 0.0365. The molecule has 0 aliphatic heterocycles. The zero-order chi connectivity index (χ0) is 13.5. The highest BCUT2D eigenvalue weighted by molar-refractivity contribution is 4.59. The van der Waals surface area contributed by atoms with Crippen molar-refractivity contribution in [2.75, 3.05) is 13.2 Å². The molecule has 0 aliphatic carbocycles. The van der Waals surface area contributed by atoms with Crippen LogP contribution in [0.3, 0.4) is 0 Å². The summed E-state index contributed by atoms with van der Waals surface area (Å²) >= 11 is 0. The Labute approximate surface area is 115 Å². The van der Waals surface area contributed by atoms with E-state index in [-0.39, 0.29) is 0 Å². The lowest BCUT2D eigenvalue weighted by atomic mass is 10.0. The fourth-order valence-electron chi connectivity index (χ4n) is 2.21. The maximum atomic E-state index is 6.00. The molecule has 0 rings (SSSR count). The minimum Gasteiger partial charge on any atom is -0.378 e. The Kier molecular flexibility index (Phi) is 14.9. The minimum absolute atomic E-state index is 0.504. The summed E-state index contributed by atoms with van der Waals surface area (Å²) in [6.07, 6.45) is 14.6. The van der Waals surface area contributed by atoms with Crippen LogP contribution in [0.5, 0.6) is 0 Å². The van der Waals surface area contributed by atoms with Crippen LogP contribution in [0.4, 0.5) is 0 Å². The van der Waals surface area contributed by atoms with Gasteiger partial charge < -0.3 is 10.5 Å². The Balaban J connectivity index is 3.56. The van der Waals surface area contributed by atoms with Crippen molar-refractivity contribution in [1.82, 2.24) is 0 Å². The first kappa shape index (κ1) is 17.9. The lowest BCUT2D eigenvalue weighted by Crippen LogP contribution is -2.14. The SMILES string of the molecule is CCCCCCCC(CCCC)OCCCCN. The van der Waals surface area contributed by atoms with Crippen molar-refractivity contribution >= 4 is 0 Å². The van der Waals surface area contributed by atoms with Crippen molar-refractivity contribution in [2.24, 2.45) is 5.73 Å². The van der Waals surface area contributed by atoms with E-state index in [9.17, 15) is 0 Å². The number of hydrogen-bond donors (Lipinski definition) is 1. The Hall–Kier alpha value is -0.0800. The van der Waals surface area contributed by atoms with Gasteiger partial charge in [-0.25, -0.2) is 0 Å². The summed E-state index contributed by atoms with van der Waals surface area (Å²) in [6, 6.07) is 0. The molecule has 0 heterocycles. The number of rotatable bonds is 14. The molecule has 110 valence electrons. The maximum absolute atomic E-state index is 6.00. The van der Waals surface area contributed by atoms with Crippen molar-refractivity contribution in [1.29, 1.82) is 0 Å². The average molecular weight is 257 g/mol. The molecule has 0 aromatic heterocycles. The summed E-state index contributed by atoms with van der Waals surface area (Å²) in [5, 5.41) is 0. The molecule has 0 aliphatic rings. The molecule has 0 bridgehead atoms. The highest BCUT2D eigenvalue weighted by Crippen LogP contribution is 2.15. The van der Waals surface area contributed by atoms with Gasteiger partial charge in [-0.15, -0.1) is 0 Å². The van der Waals surface area contributed by atoms with Crippen LogP contribution in [0.25, 0.3) is 0 Å². The van der Waals surface area contributed by atoms with Crippen LogP contribution in [0, 0.1) is 0 Å². The number of hydrogen-bond acceptors (Lipinski definition) is 2. The van der Waals surface area contributed by atoms with E-state index in [1.165, 1.54) is 57.8 Å². The standard InChI is InChI=1S/C16H35NO/c1-3-5-7-8-9-13-16(12-6-4-2)18-15-11-10-14-17/h16H,3-15,17H2,1-2H3. The molecule has 1 atom stereocenters. The quantitative estimate of drug-likeness (QED) is 0.459. The normalized spacial score (nSPS) is 12.8. The van der Waals surface area contributed by atoms with Crippen LogP contribution in [-0.4, -0.2) is 19.3 Å². The lowest BCUT2D eigenvalue weighted by Gasteiger charge is -2.17. The van der Waals surface area contributed by atoms with Gasteiger partial charge in [0.15, 0.2) is 0 Å². The molecule has 2 nitrogen and oxygen atoms in total. The van der Waals surface area contributed by atoms with E-state index in [1.807, 2.05) is 0 Å². The predicted molar refractivity (Wildman–Crippen MR) is 80.9 cm³/mol. The molecule has 1 unspecified atom stereocenters. The number of nitrogens with two attached hydrogens (primary N) is 1. The number of unbranched alkanes of at least 4 members (excludes halogenated alkanes) is 6. The minimum atomic E-state index is 0.504. The Morgan fingerprint density at radius 2 is 1.44 bits per heavy atom. The van der Waals surface area contributed by atoms with Crippen molar-refractivity contribution in [3.63, 3.8) is 0 Å². The summed E-state index contributed by atoms with van der Waals surface area (Å²) < 4.78 is 6.00. The first-order valence-electron chi connectivity index (χ1n) is 8.16. The van der Waals surface area contributed by atoms with E-state index in [1.54, 1.807) is 0 Å². The van der Waals surface area contributed by atoms with Gasteiger partial charge in [0, 0.05) is 6.61 Å². The second kappa shape index (κ2) is 15.0. The van der Waals surface area contributed by atoms with Crippen molar-refractivity contribution in [3.05, 3.63) is 0 Å². The Morgan fingerprint density at radius 1 is 0.778 bits per heavy atom. The third-order valence-corrected chi connectivity index (χ3v) is 3.46. The maximum Gasteiger partial charge on any atom is 0.0575 e. The fourth-order valence-corrected chi connectivity index (χ4v) is 2.21. The average Bonchev–Trinajstić information content (AvgIpc) is 2.39. The first-order chi connectivity index (χ1) is 8.85. The molecule has 0 radical (unpaired) electrons. The van der Waals surface area contributed by atoms with E-state index < -0.39 is 0 Å². The smallest absolute Gasteiger partial charge is 0.0575 e. The van der Waals surface area contributed by atoms with Crippen LogP contribution in [0.2, 0.25) is 0 Å². The largest absolute Gasteiger partial charge is 0.378 e. The topological polar surface area (TPSA) is 35.2 Å². The summed E-state index contributed by atoms with van der Waals surface area (Å²) in [4.78, 5) is 0. The van der Waals surface area contributed by atoms with Crippen LogP contribution in [0.1, 0.15) is 84.5 Å². The van der Waals surface area contributed by atoms with Gasteiger partial charge in [-0.1, -0.05) is 58.8 Å². The molecule has 0 saturated carbocycles. The first-order valence-corrected chi connectivity index (χ1v) is 8.16. The van der Waals surface area contributed by atoms with Gasteiger partial charge in [0.05, 0.1) is 6.10 Å². The summed E-state index contributed by atoms with van der Waals surface area (Å²) in [5.41, 5.74) is 5.50. The molecule has 0 fully saturated rings. The van der Waals surface area contributed by atoms with E-state index in [0.29, 0.717) is 6.10 Å². The molecule has 2 heteroatoms. The Morgan fingerprint density at radius 3 is 2.11 bits per heavy atom. The second-order valence-corrected chi connectivity index (χ2v) is 5.33. The van der Waals surface area contributed by atoms with E-state index in [4.69, 9.17) is 10.5 Å². The highest BCUT2D eigenvalue weighted by atomic mass is 16.5. The van der Waals surface area contributed by atoms with E-state index in [2.05, 4.69) is 13.8 Å². The van der Waals surface area contributed by atoms with Gasteiger partial charge in [-0.2, -0.15) is 0 Å². The summed E-state index contributed by atoms with van der Waals surface area (Å²) in [7, 11) is 0. The summed E-state index contributed by atoms with van der Waals surface area (Å²) in [6.45, 7) is 6.22. The molecule has 0 aromatic rings. The van der Waals surface area contributed by atoms with Crippen molar-refractivity contribution in [3.8, 4) is 0 Å². The third kappa shape index (κ3) is 12.4. The zero-order valence-corrected chi connectivity index (χ0v) is 12.8. The monoisotopic (exact) mass is 257 g/mol. The molecular formula is C16H35NO. The van der Waals surface area contributed by atoms with Crippen molar-refractivity contribution in [2.45, 2.75) is 90.6 Å². The third-order valence-electron chi connectivity index (χ3n) is 3.46. The molecule has 18 heavy (non-hydrogen) atoms. The van der Waals surface area contributed by atoms with Crippen LogP contribution < -0.4 is 5.73 Å². The van der Waals surface area contributed by atoms with Gasteiger partial charge >= 0.3 is 0 Å². The van der Waals surface area contributed by atoms with Gasteiger partial charge in [0.25, 0.3) is 0 Å². The summed E-state index contributed by atoms with van der Waals surface area (Å²) in [5.74, 6) is 0. The molecule has 2 N–H and O–H groups in total. The number of ether oxygens (including phenoxy) is 1. The molecule has 0 saturated heterocycles. The predicted octanol–water partition coefficient (Wildman–Crippen LogP) is 4.66. The van der Waals surface area contributed by atoms with Gasteiger partial charge in [-0.05, 0) is 32.2 Å². The molecule has 0 spiro atoms. The van der Waals surface area contributed by atoms with E-state index in [0.717, 1.165) is 26.0 Å². The van der Waals surface area contributed by atoms with E-state index >= 15 is 0 Å². The van der Waals surface area contributed by atoms with Crippen LogP contribution in [-0.2, 0) is 4.74 Å². The zero-order valence-electron chi connectivity index (χ0n) is 12.8. The highest BCUT2D eigenvalue weighted by Gasteiger charge is 2.08. The second-order valence-electron chi connectivity index (χ2n) is 5.33. The van der Waals surface area contributed by atoms with Crippen LogP contribution in [0.15, 0.2) is 0 Å². The van der Waals surface area contributed by atoms with Crippen molar-refractivity contribution < 1.29 is 4.74 Å². The molecule has 0 aromatic carbocycles. The molecular weight excluding hydrogens is 222 g/mol. The van der Waals surface area contributed by atoms with Crippen LogP contribution >= 0.6 is 0 Å². The van der Waals surface area contributed by atoms with Gasteiger partial charge in [0.2, 0.25) is 0 Å². The van der Waals surface area contributed by atoms with Gasteiger partial charge in [0.1, 0.15) is 0 Å². The fraction of sp³-hybridized carbons (Fsp3) is 1.00.